The monoisotopic (exact) mass is 235 g/mol. The minimum Gasteiger partial charge on any atom is -0.409 e. The standard InChI is InChI=1S/C12H17N3O2/c1-9-4-2-3-5-10(9)8-12(16)14-7-6-11(13)15-17/h2-5,17H,6-8H2,1H3,(H2,13,15)(H,14,16). The SMILES string of the molecule is Cc1ccccc1CC(=O)NCCC(N)=NO. The smallest absolute Gasteiger partial charge is 0.224 e. The van der Waals surface area contributed by atoms with E-state index in [0.29, 0.717) is 19.4 Å². The first-order chi connectivity index (χ1) is 8.13. The number of oxime groups is 1. The van der Waals surface area contributed by atoms with Crippen LogP contribution in [0.3, 0.4) is 0 Å². The van der Waals surface area contributed by atoms with Crippen molar-refractivity contribution in [2.24, 2.45) is 10.9 Å². The van der Waals surface area contributed by atoms with Gasteiger partial charge in [-0.2, -0.15) is 0 Å². The number of nitrogens with zero attached hydrogens (tertiary/aromatic N) is 1. The Kier molecular flexibility index (Phi) is 5.00. The Morgan fingerprint density at radius 1 is 1.47 bits per heavy atom. The second-order valence-corrected chi connectivity index (χ2v) is 3.79. The number of carbonyl (C=O) groups is 1. The highest BCUT2D eigenvalue weighted by Crippen LogP contribution is 2.07. The molecule has 0 bridgehead atoms. The topological polar surface area (TPSA) is 87.7 Å². The summed E-state index contributed by atoms with van der Waals surface area (Å²) in [5.41, 5.74) is 7.39. The predicted molar refractivity (Wildman–Crippen MR) is 65.9 cm³/mol. The molecule has 0 aliphatic heterocycles. The van der Waals surface area contributed by atoms with E-state index in [1.165, 1.54) is 0 Å². The average Bonchev–Trinajstić information content (AvgIpc) is 2.32. The molecule has 92 valence electrons. The van der Waals surface area contributed by atoms with Crippen molar-refractivity contribution >= 4 is 11.7 Å². The van der Waals surface area contributed by atoms with Crippen molar-refractivity contribution in [3.63, 3.8) is 0 Å². The number of hydrogen-bond donors (Lipinski definition) is 3. The first kappa shape index (κ1) is 13.0. The molecule has 0 saturated heterocycles. The number of nitrogens with one attached hydrogen (secondary N) is 1. The van der Waals surface area contributed by atoms with E-state index in [-0.39, 0.29) is 11.7 Å². The highest BCUT2D eigenvalue weighted by atomic mass is 16.4. The minimum atomic E-state index is -0.0648. The number of amidine groups is 1. The van der Waals surface area contributed by atoms with Gasteiger partial charge >= 0.3 is 0 Å². The molecule has 4 N–H and O–H groups in total. The van der Waals surface area contributed by atoms with Crippen LogP contribution in [0.25, 0.3) is 0 Å². The van der Waals surface area contributed by atoms with E-state index in [4.69, 9.17) is 10.9 Å². The molecule has 1 aromatic rings. The summed E-state index contributed by atoms with van der Waals surface area (Å²) in [5, 5.41) is 13.9. The molecule has 0 heterocycles. The van der Waals surface area contributed by atoms with Crippen LogP contribution < -0.4 is 11.1 Å². The van der Waals surface area contributed by atoms with Crippen molar-refractivity contribution in [3.8, 4) is 0 Å². The third-order valence-electron chi connectivity index (χ3n) is 2.44. The van der Waals surface area contributed by atoms with Crippen LogP contribution in [0, 0.1) is 6.92 Å². The summed E-state index contributed by atoms with van der Waals surface area (Å²) in [6.45, 7) is 2.35. The van der Waals surface area contributed by atoms with E-state index in [1.54, 1.807) is 0 Å². The Labute approximate surface area is 100 Å². The molecular weight excluding hydrogens is 218 g/mol. The van der Waals surface area contributed by atoms with Gasteiger partial charge in [-0.05, 0) is 18.1 Å². The number of benzene rings is 1. The first-order valence-electron chi connectivity index (χ1n) is 5.41. The summed E-state index contributed by atoms with van der Waals surface area (Å²) in [7, 11) is 0. The summed E-state index contributed by atoms with van der Waals surface area (Å²) in [5.74, 6) is 0.0474. The number of amides is 1. The van der Waals surface area contributed by atoms with E-state index in [9.17, 15) is 4.79 Å². The molecule has 0 aliphatic carbocycles. The zero-order chi connectivity index (χ0) is 12.7. The summed E-state index contributed by atoms with van der Waals surface area (Å²) in [4.78, 5) is 11.6. The molecule has 0 spiro atoms. The lowest BCUT2D eigenvalue weighted by Gasteiger charge is -2.06. The number of hydrogen-bond acceptors (Lipinski definition) is 3. The first-order valence-corrected chi connectivity index (χ1v) is 5.41. The molecule has 0 unspecified atom stereocenters. The quantitative estimate of drug-likeness (QED) is 0.305. The fourth-order valence-corrected chi connectivity index (χ4v) is 1.42. The summed E-state index contributed by atoms with van der Waals surface area (Å²) < 4.78 is 0. The zero-order valence-electron chi connectivity index (χ0n) is 9.81. The lowest BCUT2D eigenvalue weighted by Crippen LogP contribution is -2.29. The molecular formula is C12H17N3O2. The molecule has 1 amide bonds. The average molecular weight is 235 g/mol. The van der Waals surface area contributed by atoms with Crippen LogP contribution in [0.1, 0.15) is 17.5 Å². The van der Waals surface area contributed by atoms with Crippen LogP contribution >= 0.6 is 0 Å². The van der Waals surface area contributed by atoms with Crippen LogP contribution in [0.15, 0.2) is 29.4 Å². The third-order valence-corrected chi connectivity index (χ3v) is 2.44. The van der Waals surface area contributed by atoms with Crippen molar-refractivity contribution < 1.29 is 10.0 Å². The summed E-state index contributed by atoms with van der Waals surface area (Å²) in [6, 6.07) is 7.75. The Balaban J connectivity index is 2.38. The molecule has 0 radical (unpaired) electrons. The Morgan fingerprint density at radius 3 is 2.82 bits per heavy atom. The fourth-order valence-electron chi connectivity index (χ4n) is 1.42. The van der Waals surface area contributed by atoms with Gasteiger partial charge in [0, 0.05) is 13.0 Å². The molecule has 5 heteroatoms. The third kappa shape index (κ3) is 4.55. The maximum atomic E-state index is 11.6. The van der Waals surface area contributed by atoms with Gasteiger partial charge in [0.1, 0.15) is 5.84 Å². The van der Waals surface area contributed by atoms with Gasteiger partial charge in [0.2, 0.25) is 5.91 Å². The van der Waals surface area contributed by atoms with Crippen molar-refractivity contribution in [3.05, 3.63) is 35.4 Å². The molecule has 0 saturated carbocycles. The van der Waals surface area contributed by atoms with Gasteiger partial charge in [0.25, 0.3) is 0 Å². The van der Waals surface area contributed by atoms with Crippen LogP contribution in [-0.4, -0.2) is 23.5 Å². The van der Waals surface area contributed by atoms with Gasteiger partial charge < -0.3 is 16.3 Å². The minimum absolute atomic E-state index is 0.0648. The van der Waals surface area contributed by atoms with Crippen molar-refractivity contribution in [2.75, 3.05) is 6.54 Å². The Hall–Kier alpha value is -2.04. The molecule has 17 heavy (non-hydrogen) atoms. The van der Waals surface area contributed by atoms with Crippen LogP contribution in [0.2, 0.25) is 0 Å². The lowest BCUT2D eigenvalue weighted by atomic mass is 10.1. The highest BCUT2D eigenvalue weighted by molar-refractivity contribution is 5.82. The second-order valence-electron chi connectivity index (χ2n) is 3.79. The molecule has 0 aliphatic rings. The van der Waals surface area contributed by atoms with Crippen LogP contribution in [0.5, 0.6) is 0 Å². The molecule has 1 aromatic carbocycles. The van der Waals surface area contributed by atoms with E-state index in [0.717, 1.165) is 11.1 Å². The number of nitrogens with two attached hydrogens (primary N) is 1. The van der Waals surface area contributed by atoms with Gasteiger partial charge in [-0.3, -0.25) is 4.79 Å². The van der Waals surface area contributed by atoms with Crippen molar-refractivity contribution in [2.45, 2.75) is 19.8 Å². The largest absolute Gasteiger partial charge is 0.409 e. The van der Waals surface area contributed by atoms with E-state index in [2.05, 4.69) is 10.5 Å². The zero-order valence-corrected chi connectivity index (χ0v) is 9.81. The fraction of sp³-hybridized carbons (Fsp3) is 0.333. The normalized spacial score (nSPS) is 11.2. The molecule has 0 atom stereocenters. The highest BCUT2D eigenvalue weighted by Gasteiger charge is 2.05. The maximum Gasteiger partial charge on any atom is 0.224 e. The van der Waals surface area contributed by atoms with Gasteiger partial charge in [0.05, 0.1) is 6.42 Å². The Bertz CT molecular complexity index is 416. The van der Waals surface area contributed by atoms with E-state index >= 15 is 0 Å². The van der Waals surface area contributed by atoms with E-state index < -0.39 is 0 Å². The molecule has 0 aromatic heterocycles. The molecule has 1 rings (SSSR count). The number of rotatable bonds is 5. The van der Waals surface area contributed by atoms with Gasteiger partial charge in [-0.15, -0.1) is 0 Å². The second kappa shape index (κ2) is 6.52. The number of carbonyl (C=O) groups excluding carboxylic acids is 1. The van der Waals surface area contributed by atoms with E-state index in [1.807, 2.05) is 31.2 Å². The van der Waals surface area contributed by atoms with Crippen LogP contribution in [-0.2, 0) is 11.2 Å². The predicted octanol–water partition coefficient (Wildman–Crippen LogP) is 0.790. The van der Waals surface area contributed by atoms with Crippen molar-refractivity contribution in [1.29, 1.82) is 0 Å². The lowest BCUT2D eigenvalue weighted by molar-refractivity contribution is -0.120. The van der Waals surface area contributed by atoms with Gasteiger partial charge in [-0.1, -0.05) is 29.4 Å². The molecule has 0 fully saturated rings. The van der Waals surface area contributed by atoms with Crippen molar-refractivity contribution in [1.82, 2.24) is 5.32 Å². The van der Waals surface area contributed by atoms with Crippen LogP contribution in [0.4, 0.5) is 0 Å². The number of aryl methyl sites for hydroxylation is 1. The summed E-state index contributed by atoms with van der Waals surface area (Å²) in [6.07, 6.45) is 0.693. The molecule has 5 nitrogen and oxygen atoms in total. The van der Waals surface area contributed by atoms with Gasteiger partial charge in [-0.25, -0.2) is 0 Å². The van der Waals surface area contributed by atoms with Gasteiger partial charge in [0.15, 0.2) is 0 Å². The summed E-state index contributed by atoms with van der Waals surface area (Å²) >= 11 is 0. The maximum absolute atomic E-state index is 11.6. The Morgan fingerprint density at radius 2 is 2.18 bits per heavy atom.